The molecule has 0 aliphatic carbocycles. The van der Waals surface area contributed by atoms with Crippen molar-refractivity contribution in [3.8, 4) is 0 Å². The Bertz CT molecular complexity index is 473. The topological polar surface area (TPSA) is 87.1 Å². The number of hydrogen-bond acceptors (Lipinski definition) is 3. The van der Waals surface area contributed by atoms with E-state index >= 15 is 0 Å². The monoisotopic (exact) mass is 248 g/mol. The van der Waals surface area contributed by atoms with Gasteiger partial charge in [0.15, 0.2) is 0 Å². The van der Waals surface area contributed by atoms with Gasteiger partial charge in [0.2, 0.25) is 0 Å². The summed E-state index contributed by atoms with van der Waals surface area (Å²) in [5, 5.41) is 6.10. The van der Waals surface area contributed by atoms with Crippen molar-refractivity contribution in [1.82, 2.24) is 0 Å². The van der Waals surface area contributed by atoms with Crippen LogP contribution in [0.5, 0.6) is 0 Å². The van der Waals surface area contributed by atoms with Gasteiger partial charge >= 0.3 is 6.09 Å². The van der Waals surface area contributed by atoms with Crippen molar-refractivity contribution in [3.05, 3.63) is 40.3 Å². The van der Waals surface area contributed by atoms with Crippen LogP contribution in [0.25, 0.3) is 10.4 Å². The van der Waals surface area contributed by atoms with Gasteiger partial charge in [-0.05, 0) is 37.9 Å². The summed E-state index contributed by atoms with van der Waals surface area (Å²) in [5.41, 5.74) is 9.07. The summed E-state index contributed by atoms with van der Waals surface area (Å²) in [5.74, 6) is 0. The maximum Gasteiger partial charge on any atom is 0.412 e. The van der Waals surface area contributed by atoms with E-state index in [0.717, 1.165) is 5.56 Å². The van der Waals surface area contributed by atoms with E-state index in [2.05, 4.69) is 15.3 Å². The van der Waals surface area contributed by atoms with Gasteiger partial charge in [-0.1, -0.05) is 23.3 Å². The lowest BCUT2D eigenvalue weighted by molar-refractivity contribution is 0.0636. The molecule has 0 aliphatic heterocycles. The molecule has 1 aromatic rings. The van der Waals surface area contributed by atoms with Gasteiger partial charge in [0.25, 0.3) is 0 Å². The minimum atomic E-state index is -0.552. The third-order valence-corrected chi connectivity index (χ3v) is 1.96. The molecular weight excluding hydrogens is 232 g/mol. The molecule has 18 heavy (non-hydrogen) atoms. The van der Waals surface area contributed by atoms with Crippen molar-refractivity contribution in [2.75, 3.05) is 5.32 Å². The molecule has 0 aliphatic rings. The molecule has 0 unspecified atom stereocenters. The SMILES string of the molecule is CC(C)(C)OC(=O)Nc1ccccc1CN=[N+]=[N-]. The first-order chi connectivity index (χ1) is 8.42. The van der Waals surface area contributed by atoms with Crippen molar-refractivity contribution < 1.29 is 9.53 Å². The number of ether oxygens (including phenoxy) is 1. The first-order valence-electron chi connectivity index (χ1n) is 5.51. The summed E-state index contributed by atoms with van der Waals surface area (Å²) < 4.78 is 5.15. The number of para-hydroxylation sites is 1. The lowest BCUT2D eigenvalue weighted by Gasteiger charge is -2.20. The van der Waals surface area contributed by atoms with E-state index in [1.54, 1.807) is 39.0 Å². The fraction of sp³-hybridized carbons (Fsp3) is 0.417. The van der Waals surface area contributed by atoms with Crippen LogP contribution in [-0.2, 0) is 11.3 Å². The molecule has 0 atom stereocenters. The van der Waals surface area contributed by atoms with Gasteiger partial charge in [-0.25, -0.2) is 4.79 Å². The van der Waals surface area contributed by atoms with E-state index in [-0.39, 0.29) is 6.54 Å². The highest BCUT2D eigenvalue weighted by molar-refractivity contribution is 5.85. The van der Waals surface area contributed by atoms with Crippen LogP contribution in [-0.4, -0.2) is 11.7 Å². The van der Waals surface area contributed by atoms with E-state index in [4.69, 9.17) is 10.3 Å². The van der Waals surface area contributed by atoms with E-state index in [9.17, 15) is 4.79 Å². The molecule has 0 saturated carbocycles. The van der Waals surface area contributed by atoms with E-state index in [1.165, 1.54) is 0 Å². The van der Waals surface area contributed by atoms with Crippen LogP contribution < -0.4 is 5.32 Å². The van der Waals surface area contributed by atoms with Crippen molar-refractivity contribution in [1.29, 1.82) is 0 Å². The second-order valence-electron chi connectivity index (χ2n) is 4.67. The predicted molar refractivity (Wildman–Crippen MR) is 69.1 cm³/mol. The summed E-state index contributed by atoms with van der Waals surface area (Å²) in [6, 6.07) is 7.10. The van der Waals surface area contributed by atoms with E-state index in [0.29, 0.717) is 5.69 Å². The molecule has 0 saturated heterocycles. The fourth-order valence-corrected chi connectivity index (χ4v) is 1.30. The van der Waals surface area contributed by atoms with Crippen LogP contribution in [0.4, 0.5) is 10.5 Å². The van der Waals surface area contributed by atoms with Crippen LogP contribution >= 0.6 is 0 Å². The Labute approximate surface area is 106 Å². The molecule has 1 aromatic carbocycles. The maximum absolute atomic E-state index is 11.6. The predicted octanol–water partition coefficient (Wildman–Crippen LogP) is 3.84. The molecule has 0 radical (unpaired) electrons. The van der Waals surface area contributed by atoms with Crippen molar-refractivity contribution in [3.63, 3.8) is 0 Å². The molecule has 96 valence electrons. The molecule has 0 aromatic heterocycles. The lowest BCUT2D eigenvalue weighted by Crippen LogP contribution is -2.27. The standard InChI is InChI=1S/C12H16N4O2/c1-12(2,3)18-11(17)15-10-7-5-4-6-9(10)8-14-16-13/h4-7H,8H2,1-3H3,(H,15,17). The van der Waals surface area contributed by atoms with Crippen molar-refractivity contribution in [2.45, 2.75) is 32.9 Å². The number of azide groups is 1. The second kappa shape index (κ2) is 5.93. The molecule has 6 heteroatoms. The van der Waals surface area contributed by atoms with Gasteiger partial charge in [0.1, 0.15) is 5.60 Å². The van der Waals surface area contributed by atoms with E-state index in [1.807, 2.05) is 6.07 Å². The molecule has 0 bridgehead atoms. The first kappa shape index (κ1) is 13.9. The second-order valence-corrected chi connectivity index (χ2v) is 4.67. The molecule has 0 fully saturated rings. The Kier molecular flexibility index (Phi) is 4.57. The van der Waals surface area contributed by atoms with Crippen molar-refractivity contribution in [2.24, 2.45) is 5.11 Å². The number of carbonyl (C=O) groups is 1. The molecule has 6 nitrogen and oxygen atoms in total. The summed E-state index contributed by atoms with van der Waals surface area (Å²) in [7, 11) is 0. The number of nitrogens with zero attached hydrogens (tertiary/aromatic N) is 3. The highest BCUT2D eigenvalue weighted by atomic mass is 16.6. The maximum atomic E-state index is 11.6. The van der Waals surface area contributed by atoms with Crippen LogP contribution in [0.1, 0.15) is 26.3 Å². The number of anilines is 1. The Morgan fingerprint density at radius 3 is 2.72 bits per heavy atom. The largest absolute Gasteiger partial charge is 0.444 e. The Hall–Kier alpha value is -2.20. The van der Waals surface area contributed by atoms with Crippen LogP contribution in [0.15, 0.2) is 29.4 Å². The number of nitrogens with one attached hydrogen (secondary N) is 1. The number of rotatable bonds is 3. The molecule has 0 spiro atoms. The zero-order valence-electron chi connectivity index (χ0n) is 10.7. The van der Waals surface area contributed by atoms with Crippen LogP contribution in [0.3, 0.4) is 0 Å². The number of hydrogen-bond donors (Lipinski definition) is 1. The minimum absolute atomic E-state index is 0.183. The third-order valence-electron chi connectivity index (χ3n) is 1.96. The fourth-order valence-electron chi connectivity index (χ4n) is 1.30. The zero-order chi connectivity index (χ0) is 13.6. The molecule has 1 N–H and O–H groups in total. The average molecular weight is 248 g/mol. The quantitative estimate of drug-likeness (QED) is 0.500. The number of benzene rings is 1. The normalized spacial score (nSPS) is 10.4. The Balaban J connectivity index is 2.77. The van der Waals surface area contributed by atoms with Gasteiger partial charge in [0.05, 0.1) is 6.54 Å². The summed E-state index contributed by atoms with van der Waals surface area (Å²) in [6.45, 7) is 5.55. The molecule has 1 rings (SSSR count). The summed E-state index contributed by atoms with van der Waals surface area (Å²) >= 11 is 0. The highest BCUT2D eigenvalue weighted by Gasteiger charge is 2.16. The van der Waals surface area contributed by atoms with E-state index < -0.39 is 11.7 Å². The molecule has 1 amide bonds. The molecular formula is C12H16N4O2. The summed E-state index contributed by atoms with van der Waals surface area (Å²) in [6.07, 6.45) is -0.532. The van der Waals surface area contributed by atoms with Gasteiger partial charge in [0, 0.05) is 10.6 Å². The third kappa shape index (κ3) is 4.76. The minimum Gasteiger partial charge on any atom is -0.444 e. The smallest absolute Gasteiger partial charge is 0.412 e. The van der Waals surface area contributed by atoms with Crippen molar-refractivity contribution >= 4 is 11.8 Å². The molecule has 0 heterocycles. The lowest BCUT2D eigenvalue weighted by atomic mass is 10.2. The Morgan fingerprint density at radius 1 is 1.44 bits per heavy atom. The number of amides is 1. The van der Waals surface area contributed by atoms with Crippen LogP contribution in [0, 0.1) is 0 Å². The highest BCUT2D eigenvalue weighted by Crippen LogP contribution is 2.17. The van der Waals surface area contributed by atoms with Gasteiger partial charge in [-0.2, -0.15) is 0 Å². The van der Waals surface area contributed by atoms with Gasteiger partial charge in [-0.15, -0.1) is 0 Å². The van der Waals surface area contributed by atoms with Crippen LogP contribution in [0.2, 0.25) is 0 Å². The Morgan fingerprint density at radius 2 is 2.11 bits per heavy atom. The zero-order valence-corrected chi connectivity index (χ0v) is 10.7. The van der Waals surface area contributed by atoms with Gasteiger partial charge < -0.3 is 4.74 Å². The van der Waals surface area contributed by atoms with Gasteiger partial charge in [-0.3, -0.25) is 5.32 Å². The summed E-state index contributed by atoms with van der Waals surface area (Å²) in [4.78, 5) is 14.3. The number of carbonyl (C=O) groups excluding carboxylic acids is 1. The first-order valence-corrected chi connectivity index (χ1v) is 5.51. The average Bonchev–Trinajstić information content (AvgIpc) is 2.25.